The Morgan fingerprint density at radius 3 is 2.64 bits per heavy atom. The number of ether oxygens (including phenoxy) is 1. The van der Waals surface area contributed by atoms with Gasteiger partial charge in [0.25, 0.3) is 5.91 Å². The van der Waals surface area contributed by atoms with Gasteiger partial charge in [-0.25, -0.2) is 4.99 Å². The second kappa shape index (κ2) is 11.6. The maximum Gasteiger partial charge on any atom is 0.416 e. The molecular formula is C31H32F3N3O2. The molecule has 1 atom stereocenters. The van der Waals surface area contributed by atoms with Crippen LogP contribution in [0.4, 0.5) is 30.2 Å². The minimum Gasteiger partial charge on any atom is -0.493 e. The molecule has 2 aliphatic heterocycles. The third-order valence-electron chi connectivity index (χ3n) is 7.37. The summed E-state index contributed by atoms with van der Waals surface area (Å²) in [7, 11) is 0. The number of likely N-dealkylation sites (tertiary alicyclic amines) is 1. The Morgan fingerprint density at radius 1 is 1.00 bits per heavy atom. The van der Waals surface area contributed by atoms with Crippen LogP contribution in [0, 0.1) is 0 Å². The lowest BCUT2D eigenvalue weighted by Gasteiger charge is -2.35. The summed E-state index contributed by atoms with van der Waals surface area (Å²) in [4.78, 5) is 22.0. The molecule has 1 saturated heterocycles. The summed E-state index contributed by atoms with van der Waals surface area (Å²) in [6, 6.07) is 19.8. The Balaban J connectivity index is 1.33. The number of alkyl halides is 3. The summed E-state index contributed by atoms with van der Waals surface area (Å²) < 4.78 is 45.7. The summed E-state index contributed by atoms with van der Waals surface area (Å²) in [6.45, 7) is 4.97. The van der Waals surface area contributed by atoms with Gasteiger partial charge >= 0.3 is 6.18 Å². The maximum absolute atomic E-state index is 13.6. The minimum atomic E-state index is -4.49. The molecule has 39 heavy (non-hydrogen) atoms. The average Bonchev–Trinajstić information content (AvgIpc) is 3.22. The lowest BCUT2D eigenvalue weighted by atomic mass is 10.00. The molecule has 0 aliphatic carbocycles. The van der Waals surface area contributed by atoms with Gasteiger partial charge in [0, 0.05) is 24.2 Å². The lowest BCUT2D eigenvalue weighted by molar-refractivity contribution is -0.137. The number of para-hydroxylation sites is 1. The molecule has 0 N–H and O–H groups in total. The number of piperidine rings is 1. The van der Waals surface area contributed by atoms with Gasteiger partial charge in [0.2, 0.25) is 0 Å². The van der Waals surface area contributed by atoms with Crippen molar-refractivity contribution in [3.8, 4) is 5.75 Å². The zero-order valence-corrected chi connectivity index (χ0v) is 22.0. The number of carbonyl (C=O) groups is 1. The first kappa shape index (κ1) is 26.9. The highest BCUT2D eigenvalue weighted by atomic mass is 19.4. The molecule has 0 aromatic heterocycles. The van der Waals surface area contributed by atoms with Crippen molar-refractivity contribution < 1.29 is 22.7 Å². The third kappa shape index (κ3) is 6.01. The van der Waals surface area contributed by atoms with Gasteiger partial charge in [-0.3, -0.25) is 9.69 Å². The van der Waals surface area contributed by atoms with E-state index in [1.807, 2.05) is 30.3 Å². The van der Waals surface area contributed by atoms with Crippen molar-refractivity contribution in [3.05, 3.63) is 83.9 Å². The molecule has 5 nitrogen and oxygen atoms in total. The molecule has 1 amide bonds. The van der Waals surface area contributed by atoms with E-state index in [2.05, 4.69) is 16.8 Å². The predicted octanol–water partition coefficient (Wildman–Crippen LogP) is 7.54. The van der Waals surface area contributed by atoms with E-state index in [4.69, 9.17) is 4.74 Å². The first-order valence-electron chi connectivity index (χ1n) is 13.5. The Bertz CT molecular complexity index is 1350. The van der Waals surface area contributed by atoms with Crippen LogP contribution >= 0.6 is 0 Å². The highest BCUT2D eigenvalue weighted by Gasteiger charge is 2.35. The zero-order chi connectivity index (χ0) is 27.4. The standard InChI is InChI=1S/C31H32F3N3O2/c1-2-24-12-5-6-17-36(24)18-9-19-39-26-14-8-13-25(21-26)37-28-16-4-3-15-27(28)29(30(37)38)35-23-11-7-10-22(20-23)31(32,33)34/h3-4,7-8,10-11,13-16,20-21,24H,2,5-6,9,12,17-19H2,1H3. The number of carbonyl (C=O) groups excluding carboxylic acids is 1. The van der Waals surface area contributed by atoms with Crippen molar-refractivity contribution >= 4 is 28.7 Å². The highest BCUT2D eigenvalue weighted by molar-refractivity contribution is 6.56. The smallest absolute Gasteiger partial charge is 0.416 e. The topological polar surface area (TPSA) is 45.1 Å². The fourth-order valence-electron chi connectivity index (χ4n) is 5.43. The maximum atomic E-state index is 13.6. The lowest BCUT2D eigenvalue weighted by Crippen LogP contribution is -2.40. The number of hydrogen-bond donors (Lipinski definition) is 0. The number of amides is 1. The molecule has 3 aromatic carbocycles. The first-order valence-corrected chi connectivity index (χ1v) is 13.5. The molecule has 5 rings (SSSR count). The molecule has 8 heteroatoms. The van der Waals surface area contributed by atoms with Crippen LogP contribution in [0.1, 0.15) is 50.2 Å². The SMILES string of the molecule is CCC1CCCCN1CCCOc1cccc(N2C(=O)C(=Nc3cccc(C(F)(F)F)c3)c3ccccc32)c1. The van der Waals surface area contributed by atoms with Crippen LogP contribution in [-0.4, -0.2) is 42.3 Å². The highest BCUT2D eigenvalue weighted by Crippen LogP contribution is 2.38. The number of halogens is 3. The van der Waals surface area contributed by atoms with Gasteiger partial charge in [-0.1, -0.05) is 43.7 Å². The number of fused-ring (bicyclic) bond motifs is 1. The normalized spacial score (nSPS) is 19.0. The summed E-state index contributed by atoms with van der Waals surface area (Å²) >= 11 is 0. The summed E-state index contributed by atoms with van der Waals surface area (Å²) in [5, 5.41) is 0. The molecule has 3 aromatic rings. The van der Waals surface area contributed by atoms with Gasteiger partial charge in [-0.15, -0.1) is 0 Å². The molecule has 0 bridgehead atoms. The number of hydrogen-bond acceptors (Lipinski definition) is 4. The predicted molar refractivity (Wildman–Crippen MR) is 147 cm³/mol. The molecule has 0 radical (unpaired) electrons. The Kier molecular flexibility index (Phi) is 8.02. The largest absolute Gasteiger partial charge is 0.493 e. The van der Waals surface area contributed by atoms with Crippen LogP contribution in [0.15, 0.2) is 77.8 Å². The minimum absolute atomic E-state index is 0.0703. The summed E-state index contributed by atoms with van der Waals surface area (Å²) in [6.07, 6.45) is 1.43. The van der Waals surface area contributed by atoms with Crippen molar-refractivity contribution in [1.29, 1.82) is 0 Å². The van der Waals surface area contributed by atoms with E-state index in [0.717, 1.165) is 31.6 Å². The van der Waals surface area contributed by atoms with Gasteiger partial charge in [0.15, 0.2) is 0 Å². The van der Waals surface area contributed by atoms with Crippen LogP contribution in [0.2, 0.25) is 0 Å². The van der Waals surface area contributed by atoms with Gasteiger partial charge in [-0.2, -0.15) is 13.2 Å². The van der Waals surface area contributed by atoms with Crippen LogP contribution in [0.25, 0.3) is 0 Å². The number of anilines is 2. The molecule has 2 heterocycles. The number of aliphatic imine (C=N–C) groups is 1. The monoisotopic (exact) mass is 535 g/mol. The number of nitrogens with zero attached hydrogens (tertiary/aromatic N) is 3. The number of benzene rings is 3. The van der Waals surface area contributed by atoms with Crippen LogP contribution in [-0.2, 0) is 11.0 Å². The molecule has 1 unspecified atom stereocenters. The van der Waals surface area contributed by atoms with Gasteiger partial charge in [0.05, 0.1) is 29.2 Å². The van der Waals surface area contributed by atoms with E-state index < -0.39 is 17.6 Å². The van der Waals surface area contributed by atoms with Gasteiger partial charge in [0.1, 0.15) is 11.5 Å². The van der Waals surface area contributed by atoms with Gasteiger partial charge in [-0.05, 0) is 68.6 Å². The zero-order valence-electron chi connectivity index (χ0n) is 22.0. The fraction of sp³-hybridized carbons (Fsp3) is 0.355. The van der Waals surface area contributed by atoms with Crippen LogP contribution < -0.4 is 9.64 Å². The molecule has 2 aliphatic rings. The average molecular weight is 536 g/mol. The van der Waals surface area contributed by atoms with Crippen molar-refractivity contribution in [1.82, 2.24) is 4.90 Å². The van der Waals surface area contributed by atoms with Crippen LogP contribution in [0.3, 0.4) is 0 Å². The number of rotatable bonds is 8. The van der Waals surface area contributed by atoms with Crippen molar-refractivity contribution in [2.75, 3.05) is 24.6 Å². The van der Waals surface area contributed by atoms with E-state index in [1.165, 1.54) is 42.7 Å². The summed E-state index contributed by atoms with van der Waals surface area (Å²) in [5.74, 6) is 0.258. The van der Waals surface area contributed by atoms with E-state index >= 15 is 0 Å². The van der Waals surface area contributed by atoms with Crippen molar-refractivity contribution in [2.45, 2.75) is 51.2 Å². The first-order chi connectivity index (χ1) is 18.8. The molecule has 204 valence electrons. The Hall–Kier alpha value is -3.65. The summed E-state index contributed by atoms with van der Waals surface area (Å²) in [5.41, 5.74) is 1.17. The second-order valence-corrected chi connectivity index (χ2v) is 9.96. The second-order valence-electron chi connectivity index (χ2n) is 9.96. The van der Waals surface area contributed by atoms with E-state index in [-0.39, 0.29) is 11.4 Å². The Morgan fingerprint density at radius 2 is 1.82 bits per heavy atom. The molecule has 0 saturated carbocycles. The van der Waals surface area contributed by atoms with E-state index in [0.29, 0.717) is 35.3 Å². The van der Waals surface area contributed by atoms with Crippen molar-refractivity contribution in [2.24, 2.45) is 4.99 Å². The van der Waals surface area contributed by atoms with E-state index in [9.17, 15) is 18.0 Å². The molecule has 1 fully saturated rings. The van der Waals surface area contributed by atoms with Crippen molar-refractivity contribution in [3.63, 3.8) is 0 Å². The third-order valence-corrected chi connectivity index (χ3v) is 7.37. The quantitative estimate of drug-likeness (QED) is 0.280. The Labute approximate surface area is 226 Å². The van der Waals surface area contributed by atoms with E-state index in [1.54, 1.807) is 18.2 Å². The van der Waals surface area contributed by atoms with Gasteiger partial charge < -0.3 is 9.64 Å². The molecular weight excluding hydrogens is 503 g/mol. The molecule has 0 spiro atoms. The van der Waals surface area contributed by atoms with Crippen LogP contribution in [0.5, 0.6) is 5.75 Å². The fourth-order valence-corrected chi connectivity index (χ4v) is 5.43.